The van der Waals surface area contributed by atoms with Gasteiger partial charge in [-0.1, -0.05) is 18.2 Å². The van der Waals surface area contributed by atoms with Crippen molar-refractivity contribution in [3.8, 4) is 0 Å². The van der Waals surface area contributed by atoms with E-state index in [4.69, 9.17) is 9.31 Å². The van der Waals surface area contributed by atoms with Crippen LogP contribution in [-0.2, 0) is 15.5 Å². The van der Waals surface area contributed by atoms with Gasteiger partial charge in [0.05, 0.1) is 22.5 Å². The molecule has 30 heavy (non-hydrogen) atoms. The molecular formula is C20H21BF4N2O3. The number of halogens is 4. The van der Waals surface area contributed by atoms with Crippen molar-refractivity contribution < 1.29 is 31.7 Å². The number of rotatable bonds is 3. The van der Waals surface area contributed by atoms with Gasteiger partial charge in [0, 0.05) is 5.69 Å². The molecule has 0 aromatic heterocycles. The van der Waals surface area contributed by atoms with Gasteiger partial charge in [0.15, 0.2) is 0 Å². The Kier molecular flexibility index (Phi) is 5.59. The van der Waals surface area contributed by atoms with E-state index >= 15 is 0 Å². The number of alkyl halides is 3. The van der Waals surface area contributed by atoms with E-state index in [9.17, 15) is 22.4 Å². The third-order valence-electron chi connectivity index (χ3n) is 5.25. The van der Waals surface area contributed by atoms with Crippen LogP contribution in [0.15, 0.2) is 42.5 Å². The second kappa shape index (κ2) is 7.59. The average molecular weight is 424 g/mol. The fourth-order valence-electron chi connectivity index (χ4n) is 2.90. The molecule has 2 aromatic rings. The molecule has 1 heterocycles. The highest BCUT2D eigenvalue weighted by atomic mass is 19.4. The van der Waals surface area contributed by atoms with Gasteiger partial charge in [-0.2, -0.15) is 13.2 Å². The normalized spacial score (nSPS) is 17.7. The minimum absolute atomic E-state index is 0.0973. The summed E-state index contributed by atoms with van der Waals surface area (Å²) in [6.45, 7) is 6.96. The first-order valence-electron chi connectivity index (χ1n) is 9.19. The maximum atomic E-state index is 13.7. The zero-order chi connectivity index (χ0) is 22.3. The molecule has 2 aromatic carbocycles. The summed E-state index contributed by atoms with van der Waals surface area (Å²) in [5, 5.41) is 4.53. The van der Waals surface area contributed by atoms with Crippen LogP contribution in [0.3, 0.4) is 0 Å². The van der Waals surface area contributed by atoms with Crippen molar-refractivity contribution in [1.82, 2.24) is 0 Å². The average Bonchev–Trinajstić information content (AvgIpc) is 2.83. The monoisotopic (exact) mass is 424 g/mol. The van der Waals surface area contributed by atoms with E-state index in [0.717, 1.165) is 12.1 Å². The molecular weight excluding hydrogens is 403 g/mol. The van der Waals surface area contributed by atoms with Crippen LogP contribution in [0.1, 0.15) is 33.3 Å². The van der Waals surface area contributed by atoms with E-state index < -0.39 is 41.9 Å². The van der Waals surface area contributed by atoms with Crippen LogP contribution in [0, 0.1) is 5.82 Å². The number of hydrogen-bond donors (Lipinski definition) is 2. The lowest BCUT2D eigenvalue weighted by atomic mass is 9.75. The van der Waals surface area contributed by atoms with Crippen LogP contribution in [0.4, 0.5) is 33.7 Å². The zero-order valence-corrected chi connectivity index (χ0v) is 16.9. The molecule has 10 heteroatoms. The third kappa shape index (κ3) is 4.44. The minimum Gasteiger partial charge on any atom is -0.399 e. The molecule has 2 N–H and O–H groups in total. The molecule has 1 saturated heterocycles. The first-order valence-corrected chi connectivity index (χ1v) is 9.19. The smallest absolute Gasteiger partial charge is 0.399 e. The van der Waals surface area contributed by atoms with E-state index in [-0.39, 0.29) is 16.8 Å². The van der Waals surface area contributed by atoms with Gasteiger partial charge in [0.1, 0.15) is 5.82 Å². The van der Waals surface area contributed by atoms with Crippen LogP contribution in [-0.4, -0.2) is 24.4 Å². The lowest BCUT2D eigenvalue weighted by molar-refractivity contribution is -0.136. The number of carbonyl (C=O) groups excluding carboxylic acids is 1. The molecule has 160 valence electrons. The van der Waals surface area contributed by atoms with Gasteiger partial charge in [0.25, 0.3) is 0 Å². The van der Waals surface area contributed by atoms with Gasteiger partial charge in [-0.25, -0.2) is 9.18 Å². The number of amides is 2. The van der Waals surface area contributed by atoms with Gasteiger partial charge < -0.3 is 19.9 Å². The van der Waals surface area contributed by atoms with E-state index in [1.54, 1.807) is 27.7 Å². The molecule has 0 atom stereocenters. The molecule has 0 spiro atoms. The highest BCUT2D eigenvalue weighted by molar-refractivity contribution is 6.62. The van der Waals surface area contributed by atoms with Crippen LogP contribution in [0.2, 0.25) is 0 Å². The van der Waals surface area contributed by atoms with E-state index in [0.29, 0.717) is 0 Å². The maximum Gasteiger partial charge on any atom is 0.495 e. The van der Waals surface area contributed by atoms with Crippen LogP contribution in [0.25, 0.3) is 0 Å². The Morgan fingerprint density at radius 2 is 1.57 bits per heavy atom. The summed E-state index contributed by atoms with van der Waals surface area (Å²) in [6, 6.07) is 7.86. The van der Waals surface area contributed by atoms with E-state index in [2.05, 4.69) is 10.6 Å². The van der Waals surface area contributed by atoms with Crippen molar-refractivity contribution >= 4 is 30.0 Å². The van der Waals surface area contributed by atoms with Crippen LogP contribution in [0.5, 0.6) is 0 Å². The van der Waals surface area contributed by atoms with Gasteiger partial charge in [-0.05, 0) is 57.4 Å². The number of carbonyl (C=O) groups is 1. The predicted molar refractivity (Wildman–Crippen MR) is 106 cm³/mol. The van der Waals surface area contributed by atoms with Crippen molar-refractivity contribution in [2.45, 2.75) is 45.1 Å². The fourth-order valence-corrected chi connectivity index (χ4v) is 2.90. The zero-order valence-electron chi connectivity index (χ0n) is 16.9. The van der Waals surface area contributed by atoms with E-state index in [1.807, 2.05) is 0 Å². The molecule has 1 fully saturated rings. The van der Waals surface area contributed by atoms with Crippen LogP contribution < -0.4 is 16.1 Å². The Labute approximate surface area is 171 Å². The van der Waals surface area contributed by atoms with Crippen molar-refractivity contribution in [1.29, 1.82) is 0 Å². The summed E-state index contributed by atoms with van der Waals surface area (Å²) < 4.78 is 66.3. The quantitative estimate of drug-likeness (QED) is 0.551. The standard InChI is InChI=1S/C20H21BF4N2O3/c1-18(2)19(3,4)30-21(29-18)14-10-9-12(11-13(14)20(23,24)25)26-17(28)27-16-8-6-5-7-15(16)22/h5-11H,1-4H3,(H2,26,27,28). The molecule has 0 aliphatic carbocycles. The molecule has 5 nitrogen and oxygen atoms in total. The molecule has 2 amide bonds. The molecule has 0 radical (unpaired) electrons. The van der Waals surface area contributed by atoms with Crippen LogP contribution >= 0.6 is 0 Å². The van der Waals surface area contributed by atoms with Crippen molar-refractivity contribution in [3.05, 3.63) is 53.8 Å². The lowest BCUT2D eigenvalue weighted by Gasteiger charge is -2.32. The summed E-state index contributed by atoms with van der Waals surface area (Å²) in [5.41, 5.74) is -3.02. The third-order valence-corrected chi connectivity index (χ3v) is 5.25. The summed E-state index contributed by atoms with van der Waals surface area (Å²) in [6.07, 6.45) is -4.71. The van der Waals surface area contributed by atoms with Crippen molar-refractivity contribution in [2.24, 2.45) is 0 Å². The topological polar surface area (TPSA) is 59.6 Å². The molecule has 1 aliphatic heterocycles. The van der Waals surface area contributed by atoms with Gasteiger partial charge in [-0.15, -0.1) is 0 Å². The fraction of sp³-hybridized carbons (Fsp3) is 0.350. The summed E-state index contributed by atoms with van der Waals surface area (Å²) >= 11 is 0. The Morgan fingerprint density at radius 1 is 0.967 bits per heavy atom. The van der Waals surface area contributed by atoms with Gasteiger partial charge in [0.2, 0.25) is 0 Å². The first-order chi connectivity index (χ1) is 13.8. The van der Waals surface area contributed by atoms with Crippen molar-refractivity contribution in [2.75, 3.05) is 10.6 Å². The molecule has 0 unspecified atom stereocenters. The number of anilines is 2. The second-order valence-electron chi connectivity index (χ2n) is 7.95. The number of nitrogens with one attached hydrogen (secondary N) is 2. The predicted octanol–water partition coefficient (Wildman–Crippen LogP) is 4.79. The molecule has 0 bridgehead atoms. The highest BCUT2D eigenvalue weighted by Crippen LogP contribution is 2.38. The molecule has 3 rings (SSSR count). The van der Waals surface area contributed by atoms with Gasteiger partial charge in [-0.3, -0.25) is 0 Å². The Bertz CT molecular complexity index is 947. The lowest BCUT2D eigenvalue weighted by Crippen LogP contribution is -2.41. The minimum atomic E-state index is -4.71. The SMILES string of the molecule is CC1(C)OB(c2ccc(NC(=O)Nc3ccccc3F)cc2C(F)(F)F)OC1(C)C. The number of benzene rings is 2. The number of hydrogen-bond acceptors (Lipinski definition) is 3. The first kappa shape index (κ1) is 22.1. The largest absolute Gasteiger partial charge is 0.495 e. The molecule has 1 aliphatic rings. The van der Waals surface area contributed by atoms with E-state index in [1.165, 1.54) is 30.3 Å². The van der Waals surface area contributed by atoms with Gasteiger partial charge >= 0.3 is 19.3 Å². The maximum absolute atomic E-state index is 13.7. The Balaban J connectivity index is 1.85. The Hall–Kier alpha value is -2.59. The molecule has 0 saturated carbocycles. The summed E-state index contributed by atoms with van der Waals surface area (Å²) in [4.78, 5) is 12.1. The Morgan fingerprint density at radius 3 is 2.13 bits per heavy atom. The highest BCUT2D eigenvalue weighted by Gasteiger charge is 2.53. The summed E-state index contributed by atoms with van der Waals surface area (Å²) in [7, 11) is -1.21. The summed E-state index contributed by atoms with van der Waals surface area (Å²) in [5.74, 6) is -0.667. The number of para-hydroxylation sites is 1. The number of urea groups is 1. The van der Waals surface area contributed by atoms with Crippen molar-refractivity contribution in [3.63, 3.8) is 0 Å². The second-order valence-corrected chi connectivity index (χ2v) is 7.95.